The van der Waals surface area contributed by atoms with Gasteiger partial charge in [0.05, 0.1) is 11.6 Å². The third-order valence-electron chi connectivity index (χ3n) is 3.48. The van der Waals surface area contributed by atoms with Crippen molar-refractivity contribution in [3.63, 3.8) is 0 Å². The van der Waals surface area contributed by atoms with Gasteiger partial charge in [0, 0.05) is 15.5 Å². The minimum Gasteiger partial charge on any atom is -0.394 e. The first-order chi connectivity index (χ1) is 9.56. The van der Waals surface area contributed by atoms with Crippen molar-refractivity contribution >= 4 is 35.0 Å². The molecule has 0 heterocycles. The number of nitrogens with one attached hydrogen (secondary N) is 1. The van der Waals surface area contributed by atoms with Crippen LogP contribution in [-0.4, -0.2) is 29.5 Å². The third kappa shape index (κ3) is 5.45. The molecule has 5 heteroatoms. The van der Waals surface area contributed by atoms with Crippen LogP contribution in [0.1, 0.15) is 33.1 Å². The molecule has 1 aromatic carbocycles. The molecule has 0 aliphatic rings. The highest BCUT2D eigenvalue weighted by Gasteiger charge is 2.25. The van der Waals surface area contributed by atoms with Crippen LogP contribution in [0, 0.1) is 0 Å². The van der Waals surface area contributed by atoms with Crippen LogP contribution in [0.2, 0.25) is 10.0 Å². The van der Waals surface area contributed by atoms with Crippen LogP contribution in [0.15, 0.2) is 23.1 Å². The van der Waals surface area contributed by atoms with Crippen molar-refractivity contribution in [3.05, 3.63) is 28.2 Å². The molecular formula is C15H23Cl2NOS. The van der Waals surface area contributed by atoms with Gasteiger partial charge in [-0.3, -0.25) is 0 Å². The smallest absolute Gasteiger partial charge is 0.0613 e. The van der Waals surface area contributed by atoms with Gasteiger partial charge >= 0.3 is 0 Å². The van der Waals surface area contributed by atoms with Gasteiger partial charge in [0.15, 0.2) is 0 Å². The lowest BCUT2D eigenvalue weighted by molar-refractivity contribution is 0.148. The van der Waals surface area contributed by atoms with Gasteiger partial charge in [-0.1, -0.05) is 37.0 Å². The predicted molar refractivity (Wildman–Crippen MR) is 90.2 cm³/mol. The second kappa shape index (κ2) is 9.16. The lowest BCUT2D eigenvalue weighted by Crippen LogP contribution is -2.48. The Labute approximate surface area is 136 Å². The SMILES string of the molecule is CCNC(CC)(CO)CCCSc1cc(Cl)ccc1Cl. The highest BCUT2D eigenvalue weighted by molar-refractivity contribution is 7.99. The Morgan fingerprint density at radius 3 is 2.65 bits per heavy atom. The van der Waals surface area contributed by atoms with Gasteiger partial charge in [-0.25, -0.2) is 0 Å². The summed E-state index contributed by atoms with van der Waals surface area (Å²) in [7, 11) is 0. The Bertz CT molecular complexity index is 411. The van der Waals surface area contributed by atoms with E-state index in [1.165, 1.54) is 0 Å². The molecule has 1 aromatic rings. The fraction of sp³-hybridized carbons (Fsp3) is 0.600. The number of halogens is 2. The monoisotopic (exact) mass is 335 g/mol. The summed E-state index contributed by atoms with van der Waals surface area (Å²) in [6.07, 6.45) is 2.91. The van der Waals surface area contributed by atoms with Crippen molar-refractivity contribution in [1.82, 2.24) is 5.32 Å². The van der Waals surface area contributed by atoms with Crippen molar-refractivity contribution in [1.29, 1.82) is 0 Å². The van der Waals surface area contributed by atoms with Gasteiger partial charge in [0.25, 0.3) is 0 Å². The van der Waals surface area contributed by atoms with Crippen LogP contribution in [0.5, 0.6) is 0 Å². The molecule has 0 amide bonds. The van der Waals surface area contributed by atoms with Gasteiger partial charge in [0.1, 0.15) is 0 Å². The molecule has 1 unspecified atom stereocenters. The van der Waals surface area contributed by atoms with Gasteiger partial charge in [0.2, 0.25) is 0 Å². The van der Waals surface area contributed by atoms with E-state index in [0.717, 1.165) is 41.5 Å². The quantitative estimate of drug-likeness (QED) is 0.510. The van der Waals surface area contributed by atoms with Crippen LogP contribution in [0.3, 0.4) is 0 Å². The minimum atomic E-state index is -0.145. The third-order valence-corrected chi connectivity index (χ3v) is 5.30. The number of aliphatic hydroxyl groups excluding tert-OH is 1. The maximum atomic E-state index is 9.60. The summed E-state index contributed by atoms with van der Waals surface area (Å²) in [6.45, 7) is 5.24. The summed E-state index contributed by atoms with van der Waals surface area (Å²) in [5.41, 5.74) is -0.145. The van der Waals surface area contributed by atoms with Crippen LogP contribution in [0.4, 0.5) is 0 Å². The van der Waals surface area contributed by atoms with E-state index in [2.05, 4.69) is 19.2 Å². The van der Waals surface area contributed by atoms with E-state index < -0.39 is 0 Å². The lowest BCUT2D eigenvalue weighted by Gasteiger charge is -2.31. The molecule has 1 atom stereocenters. The van der Waals surface area contributed by atoms with Crippen LogP contribution in [0.25, 0.3) is 0 Å². The van der Waals surface area contributed by atoms with E-state index in [-0.39, 0.29) is 12.1 Å². The van der Waals surface area contributed by atoms with E-state index in [0.29, 0.717) is 5.02 Å². The molecule has 0 saturated carbocycles. The molecule has 0 bridgehead atoms. The predicted octanol–water partition coefficient (Wildman–Crippen LogP) is 4.62. The molecular weight excluding hydrogens is 313 g/mol. The standard InChI is InChI=1S/C15H23Cl2NOS/c1-3-15(11-19,18-4-2)8-5-9-20-14-10-12(16)6-7-13(14)17/h6-7,10,18-19H,3-5,8-9,11H2,1-2H3. The Balaban J connectivity index is 2.45. The lowest BCUT2D eigenvalue weighted by atomic mass is 9.91. The fourth-order valence-corrected chi connectivity index (χ4v) is 3.64. The zero-order valence-electron chi connectivity index (χ0n) is 12.1. The molecule has 1 rings (SSSR count). The van der Waals surface area contributed by atoms with E-state index >= 15 is 0 Å². The van der Waals surface area contributed by atoms with E-state index in [1.807, 2.05) is 12.1 Å². The molecule has 0 aliphatic carbocycles. The van der Waals surface area contributed by atoms with Crippen LogP contribution < -0.4 is 5.32 Å². The van der Waals surface area contributed by atoms with Crippen LogP contribution in [-0.2, 0) is 0 Å². The van der Waals surface area contributed by atoms with Crippen molar-refractivity contribution in [2.45, 2.75) is 43.5 Å². The number of rotatable bonds is 9. The summed E-state index contributed by atoms with van der Waals surface area (Å²) in [4.78, 5) is 1.02. The first-order valence-corrected chi connectivity index (χ1v) is 8.74. The summed E-state index contributed by atoms with van der Waals surface area (Å²) >= 11 is 13.8. The van der Waals surface area contributed by atoms with Crippen molar-refractivity contribution in [2.75, 3.05) is 18.9 Å². The fourth-order valence-electron chi connectivity index (χ4n) is 2.19. The molecule has 0 aromatic heterocycles. The molecule has 2 N–H and O–H groups in total. The summed E-state index contributed by atoms with van der Waals surface area (Å²) in [5, 5.41) is 14.5. The number of hydrogen-bond acceptors (Lipinski definition) is 3. The summed E-state index contributed by atoms with van der Waals surface area (Å²) in [6, 6.07) is 5.53. The second-order valence-electron chi connectivity index (χ2n) is 4.85. The Morgan fingerprint density at radius 2 is 2.05 bits per heavy atom. The number of hydrogen-bond donors (Lipinski definition) is 2. The van der Waals surface area contributed by atoms with Gasteiger partial charge in [-0.2, -0.15) is 0 Å². The van der Waals surface area contributed by atoms with E-state index in [9.17, 15) is 5.11 Å². The highest BCUT2D eigenvalue weighted by Crippen LogP contribution is 2.31. The number of aliphatic hydroxyl groups is 1. The van der Waals surface area contributed by atoms with Crippen molar-refractivity contribution in [3.8, 4) is 0 Å². The Morgan fingerprint density at radius 1 is 1.30 bits per heavy atom. The van der Waals surface area contributed by atoms with Gasteiger partial charge < -0.3 is 10.4 Å². The average molecular weight is 336 g/mol. The number of likely N-dealkylation sites (N-methyl/N-ethyl adjacent to an activating group) is 1. The molecule has 0 aliphatic heterocycles. The first kappa shape index (κ1) is 18.1. The maximum absolute atomic E-state index is 9.60. The molecule has 20 heavy (non-hydrogen) atoms. The Hall–Kier alpha value is 0.0700. The first-order valence-electron chi connectivity index (χ1n) is 7.00. The zero-order valence-corrected chi connectivity index (χ0v) is 14.4. The molecule has 0 spiro atoms. The summed E-state index contributed by atoms with van der Waals surface area (Å²) in [5.74, 6) is 0.965. The minimum absolute atomic E-state index is 0.145. The molecule has 114 valence electrons. The number of thioether (sulfide) groups is 1. The number of benzene rings is 1. The van der Waals surface area contributed by atoms with E-state index in [4.69, 9.17) is 23.2 Å². The molecule has 0 saturated heterocycles. The maximum Gasteiger partial charge on any atom is 0.0613 e. The second-order valence-corrected chi connectivity index (χ2v) is 6.83. The highest BCUT2D eigenvalue weighted by atomic mass is 35.5. The Kier molecular flexibility index (Phi) is 8.30. The molecule has 2 nitrogen and oxygen atoms in total. The zero-order chi connectivity index (χ0) is 15.0. The van der Waals surface area contributed by atoms with E-state index in [1.54, 1.807) is 17.8 Å². The van der Waals surface area contributed by atoms with Gasteiger partial charge in [-0.05, 0) is 49.8 Å². The molecule has 0 fully saturated rings. The average Bonchev–Trinajstić information content (AvgIpc) is 2.46. The largest absolute Gasteiger partial charge is 0.394 e. The topological polar surface area (TPSA) is 32.3 Å². The van der Waals surface area contributed by atoms with Crippen LogP contribution >= 0.6 is 35.0 Å². The van der Waals surface area contributed by atoms with Crippen molar-refractivity contribution < 1.29 is 5.11 Å². The normalized spacial score (nSPS) is 14.2. The summed E-state index contributed by atoms with van der Waals surface area (Å²) < 4.78 is 0. The molecule has 0 radical (unpaired) electrons. The van der Waals surface area contributed by atoms with Gasteiger partial charge in [-0.15, -0.1) is 11.8 Å². The van der Waals surface area contributed by atoms with Crippen molar-refractivity contribution in [2.24, 2.45) is 0 Å².